The molecule has 2 aromatic rings. The van der Waals surface area contributed by atoms with Gasteiger partial charge in [-0.15, -0.1) is 0 Å². The van der Waals surface area contributed by atoms with E-state index in [1.165, 1.54) is 12.1 Å². The Labute approximate surface area is 210 Å². The molecule has 0 saturated carbocycles. The summed E-state index contributed by atoms with van der Waals surface area (Å²) in [6, 6.07) is 13.4. The Morgan fingerprint density at radius 2 is 1.28 bits per heavy atom. The van der Waals surface area contributed by atoms with Gasteiger partial charge in [0.1, 0.15) is 23.9 Å². The third-order valence-corrected chi connectivity index (χ3v) is 4.68. The molecule has 0 bridgehead atoms. The van der Waals surface area contributed by atoms with Crippen molar-refractivity contribution in [1.29, 1.82) is 0 Å². The van der Waals surface area contributed by atoms with Crippen LogP contribution in [0.1, 0.15) is 30.9 Å². The number of carboxylic acids is 3. The fraction of sp³-hybridized carbons (Fsp3) is 0.400. The molecule has 2 rings (SSSR count). The number of aliphatic hydroxyl groups is 1. The number of aromatic hydroxyl groups is 1. The fourth-order valence-corrected chi connectivity index (χ4v) is 2.69. The zero-order valence-electron chi connectivity index (χ0n) is 20.3. The summed E-state index contributed by atoms with van der Waals surface area (Å²) < 4.78 is 0. The predicted octanol–water partition coefficient (Wildman–Crippen LogP) is 0.809. The van der Waals surface area contributed by atoms with Gasteiger partial charge in [0.05, 0.1) is 0 Å². The van der Waals surface area contributed by atoms with Crippen LogP contribution >= 0.6 is 0 Å². The number of nitrogens with two attached hydrogens (primary N) is 2. The number of aliphatic hydroxyl groups excluding tert-OH is 1. The van der Waals surface area contributed by atoms with Gasteiger partial charge in [-0.2, -0.15) is 0 Å². The molecule has 0 aliphatic rings. The number of nitrogens with one attached hydrogen (secondary N) is 1. The second kappa shape index (κ2) is 18.8. The van der Waals surface area contributed by atoms with Crippen molar-refractivity contribution < 1.29 is 39.9 Å². The third kappa shape index (κ3) is 15.4. The summed E-state index contributed by atoms with van der Waals surface area (Å²) in [6.45, 7) is 2.55. The molecule has 11 nitrogen and oxygen atoms in total. The molecule has 0 aromatic heterocycles. The van der Waals surface area contributed by atoms with Gasteiger partial charge in [-0.3, -0.25) is 14.4 Å². The minimum absolute atomic E-state index is 0.0896. The van der Waals surface area contributed by atoms with Crippen molar-refractivity contribution in [3.63, 3.8) is 0 Å². The molecule has 3 atom stereocenters. The van der Waals surface area contributed by atoms with Gasteiger partial charge in [0.2, 0.25) is 0 Å². The molecule has 2 aromatic carbocycles. The number of hydrogen-bond donors (Lipinski definition) is 8. The molecular formula is C25H37N3O8. The van der Waals surface area contributed by atoms with E-state index in [4.69, 9.17) is 37.0 Å². The quantitative estimate of drug-likeness (QED) is 0.201. The van der Waals surface area contributed by atoms with Gasteiger partial charge in [0.15, 0.2) is 0 Å². The van der Waals surface area contributed by atoms with Gasteiger partial charge in [-0.1, -0.05) is 49.4 Å². The SMILES string of the molecule is CCCNC(CCO)C(=O)O.NC(Cc1ccc(O)cc1)C(=O)O.NC(Cc1ccccc1)C(=O)O. The van der Waals surface area contributed by atoms with E-state index >= 15 is 0 Å². The Morgan fingerprint density at radius 1 is 0.806 bits per heavy atom. The summed E-state index contributed by atoms with van der Waals surface area (Å²) in [5.74, 6) is -2.72. The van der Waals surface area contributed by atoms with Crippen molar-refractivity contribution >= 4 is 17.9 Å². The molecule has 0 fully saturated rings. The van der Waals surface area contributed by atoms with Crippen LogP contribution in [-0.4, -0.2) is 74.7 Å². The third-order valence-electron chi connectivity index (χ3n) is 4.68. The van der Waals surface area contributed by atoms with Crippen LogP contribution in [0.3, 0.4) is 0 Å². The first-order chi connectivity index (χ1) is 17.0. The highest BCUT2D eigenvalue weighted by Gasteiger charge is 2.14. The first kappa shape index (κ1) is 32.5. The molecule has 0 saturated heterocycles. The topological polar surface area (TPSA) is 216 Å². The first-order valence-electron chi connectivity index (χ1n) is 11.4. The molecule has 0 radical (unpaired) electrons. The molecular weight excluding hydrogens is 470 g/mol. The highest BCUT2D eigenvalue weighted by molar-refractivity contribution is 5.74. The lowest BCUT2D eigenvalue weighted by atomic mass is 10.1. The minimum atomic E-state index is -1.02. The largest absolute Gasteiger partial charge is 0.508 e. The average molecular weight is 508 g/mol. The molecule has 0 amide bonds. The van der Waals surface area contributed by atoms with Crippen LogP contribution in [0.4, 0.5) is 0 Å². The van der Waals surface area contributed by atoms with E-state index in [9.17, 15) is 14.4 Å². The summed E-state index contributed by atoms with van der Waals surface area (Å²) in [6.07, 6.45) is 1.83. The van der Waals surface area contributed by atoms with E-state index in [2.05, 4.69) is 5.32 Å². The van der Waals surface area contributed by atoms with Gasteiger partial charge in [-0.05, 0) is 55.5 Å². The van der Waals surface area contributed by atoms with Gasteiger partial charge < -0.3 is 42.3 Å². The maximum atomic E-state index is 10.4. The van der Waals surface area contributed by atoms with E-state index in [0.29, 0.717) is 13.0 Å². The molecule has 0 aliphatic heterocycles. The number of benzene rings is 2. The number of phenolic OH excluding ortho intramolecular Hbond substituents is 1. The van der Waals surface area contributed by atoms with E-state index in [1.807, 2.05) is 37.3 Å². The van der Waals surface area contributed by atoms with E-state index in [-0.39, 0.29) is 25.2 Å². The van der Waals surface area contributed by atoms with Crippen LogP contribution in [0.2, 0.25) is 0 Å². The van der Waals surface area contributed by atoms with Gasteiger partial charge in [0.25, 0.3) is 0 Å². The highest BCUT2D eigenvalue weighted by Crippen LogP contribution is 2.10. The lowest BCUT2D eigenvalue weighted by molar-refractivity contribution is -0.140. The van der Waals surface area contributed by atoms with Crippen LogP contribution in [0.25, 0.3) is 0 Å². The Hall–Kier alpha value is -3.51. The maximum Gasteiger partial charge on any atom is 0.320 e. The summed E-state index contributed by atoms with van der Waals surface area (Å²) in [5.41, 5.74) is 12.4. The number of rotatable bonds is 12. The first-order valence-corrected chi connectivity index (χ1v) is 11.4. The Kier molecular flexibility index (Phi) is 16.9. The van der Waals surface area contributed by atoms with E-state index in [0.717, 1.165) is 17.5 Å². The molecule has 0 spiro atoms. The van der Waals surface area contributed by atoms with Gasteiger partial charge in [-0.25, -0.2) is 0 Å². The Bertz CT molecular complexity index is 894. The molecule has 3 unspecified atom stereocenters. The van der Waals surface area contributed by atoms with E-state index < -0.39 is 36.0 Å². The van der Waals surface area contributed by atoms with Crippen molar-refractivity contribution in [3.05, 3.63) is 65.7 Å². The zero-order chi connectivity index (χ0) is 27.5. The van der Waals surface area contributed by atoms with Crippen LogP contribution in [0, 0.1) is 0 Å². The van der Waals surface area contributed by atoms with Crippen LogP contribution < -0.4 is 16.8 Å². The molecule has 0 aliphatic carbocycles. The number of carboxylic acid groups (broad SMARTS) is 3. The summed E-state index contributed by atoms with van der Waals surface area (Å²) in [5, 5.41) is 45.8. The smallest absolute Gasteiger partial charge is 0.320 e. The van der Waals surface area contributed by atoms with Crippen molar-refractivity contribution in [1.82, 2.24) is 5.32 Å². The summed E-state index contributed by atoms with van der Waals surface area (Å²) in [4.78, 5) is 31.2. The monoisotopic (exact) mass is 507 g/mol. The van der Waals surface area contributed by atoms with E-state index in [1.54, 1.807) is 12.1 Å². The Balaban J connectivity index is 0.000000513. The summed E-state index contributed by atoms with van der Waals surface area (Å²) >= 11 is 0. The summed E-state index contributed by atoms with van der Waals surface area (Å²) in [7, 11) is 0. The van der Waals surface area contributed by atoms with Gasteiger partial charge in [0, 0.05) is 6.61 Å². The maximum absolute atomic E-state index is 10.4. The second-order valence-corrected chi connectivity index (χ2v) is 7.81. The lowest BCUT2D eigenvalue weighted by Gasteiger charge is -2.11. The zero-order valence-corrected chi connectivity index (χ0v) is 20.3. The molecule has 10 N–H and O–H groups in total. The highest BCUT2D eigenvalue weighted by atomic mass is 16.4. The van der Waals surface area contributed by atoms with Crippen molar-refractivity contribution in [3.8, 4) is 5.75 Å². The fourth-order valence-electron chi connectivity index (χ4n) is 2.69. The number of hydrogen-bond acceptors (Lipinski definition) is 8. The van der Waals surface area contributed by atoms with Crippen LogP contribution in [0.15, 0.2) is 54.6 Å². The lowest BCUT2D eigenvalue weighted by Crippen LogP contribution is -2.37. The molecule has 36 heavy (non-hydrogen) atoms. The van der Waals surface area contributed by atoms with Crippen molar-refractivity contribution in [2.45, 2.75) is 50.7 Å². The van der Waals surface area contributed by atoms with Crippen LogP contribution in [-0.2, 0) is 27.2 Å². The average Bonchev–Trinajstić information content (AvgIpc) is 2.84. The normalized spacial score (nSPS) is 12.6. The molecule has 0 heterocycles. The second-order valence-electron chi connectivity index (χ2n) is 7.81. The standard InChI is InChI=1S/C9H11NO3.C9H11NO2.C7H15NO3/c10-8(9(12)13)5-6-1-3-7(11)4-2-6;10-8(9(11)12)6-7-4-2-1-3-5-7;1-2-4-8-6(3-5-9)7(10)11/h1-4,8,11H,5,10H2,(H,12,13);1-5,8H,6,10H2,(H,11,12);6,8-9H,2-5H2,1H3,(H,10,11). The van der Waals surface area contributed by atoms with Gasteiger partial charge >= 0.3 is 17.9 Å². The predicted molar refractivity (Wildman–Crippen MR) is 135 cm³/mol. The number of aliphatic carboxylic acids is 3. The minimum Gasteiger partial charge on any atom is -0.508 e. The number of phenols is 1. The van der Waals surface area contributed by atoms with Crippen LogP contribution in [0.5, 0.6) is 5.75 Å². The van der Waals surface area contributed by atoms with Crippen molar-refractivity contribution in [2.75, 3.05) is 13.2 Å². The number of carbonyl (C=O) groups is 3. The molecule has 11 heteroatoms. The Morgan fingerprint density at radius 3 is 1.67 bits per heavy atom. The van der Waals surface area contributed by atoms with Crippen molar-refractivity contribution in [2.24, 2.45) is 11.5 Å². The molecule has 200 valence electrons.